The van der Waals surface area contributed by atoms with Crippen molar-refractivity contribution in [3.63, 3.8) is 0 Å². The minimum Gasteiger partial charge on any atom is -0.451 e. The van der Waals surface area contributed by atoms with Gasteiger partial charge in [-0.05, 0) is 29.8 Å². The Morgan fingerprint density at radius 3 is 2.60 bits per heavy atom. The van der Waals surface area contributed by atoms with Crippen LogP contribution >= 0.6 is 0 Å². The van der Waals surface area contributed by atoms with E-state index in [1.165, 1.54) is 4.90 Å². The van der Waals surface area contributed by atoms with E-state index in [4.69, 9.17) is 4.42 Å². The zero-order valence-electron chi connectivity index (χ0n) is 14.1. The lowest BCUT2D eigenvalue weighted by atomic mass is 10.2. The van der Waals surface area contributed by atoms with Crippen LogP contribution in [0.1, 0.15) is 16.1 Å². The molecule has 0 atom stereocenters. The predicted octanol–water partition coefficient (Wildman–Crippen LogP) is 3.46. The average molecular weight is 337 g/mol. The summed E-state index contributed by atoms with van der Waals surface area (Å²) in [5, 5.41) is 6.49. The van der Waals surface area contributed by atoms with Crippen LogP contribution in [0.25, 0.3) is 11.0 Å². The molecule has 128 valence electrons. The van der Waals surface area contributed by atoms with Gasteiger partial charge in [0.25, 0.3) is 5.91 Å². The van der Waals surface area contributed by atoms with E-state index < -0.39 is 0 Å². The molecule has 0 fully saturated rings. The molecule has 6 heteroatoms. The first-order chi connectivity index (χ1) is 12.0. The van der Waals surface area contributed by atoms with Crippen molar-refractivity contribution in [2.75, 3.05) is 19.4 Å². The molecule has 0 aliphatic heterocycles. The number of carbonyl (C=O) groups excluding carboxylic acids is 2. The Morgan fingerprint density at radius 1 is 1.04 bits per heavy atom. The minimum absolute atomic E-state index is 0.205. The van der Waals surface area contributed by atoms with Crippen LogP contribution in [0.4, 0.5) is 10.5 Å². The third-order valence-corrected chi connectivity index (χ3v) is 3.69. The third kappa shape index (κ3) is 3.98. The predicted molar refractivity (Wildman–Crippen MR) is 96.5 cm³/mol. The van der Waals surface area contributed by atoms with E-state index in [2.05, 4.69) is 10.6 Å². The van der Waals surface area contributed by atoms with Crippen LogP contribution in [-0.4, -0.2) is 30.9 Å². The number of fused-ring (bicyclic) bond motifs is 1. The van der Waals surface area contributed by atoms with Crippen molar-refractivity contribution in [2.45, 2.75) is 6.54 Å². The van der Waals surface area contributed by atoms with Gasteiger partial charge in [-0.1, -0.05) is 30.3 Å². The Hall–Kier alpha value is -3.28. The molecule has 0 aliphatic carbocycles. The second kappa shape index (κ2) is 7.09. The van der Waals surface area contributed by atoms with Gasteiger partial charge in [0, 0.05) is 31.7 Å². The molecule has 0 radical (unpaired) electrons. The second-order valence-corrected chi connectivity index (χ2v) is 5.86. The molecule has 0 spiro atoms. The zero-order chi connectivity index (χ0) is 17.8. The number of furan rings is 1. The fourth-order valence-corrected chi connectivity index (χ4v) is 2.36. The number of amides is 3. The lowest BCUT2D eigenvalue weighted by Crippen LogP contribution is -2.27. The smallest absolute Gasteiger partial charge is 0.321 e. The van der Waals surface area contributed by atoms with Crippen molar-refractivity contribution in [3.05, 3.63) is 65.9 Å². The number of hydrogen-bond acceptors (Lipinski definition) is 3. The number of carbonyl (C=O) groups is 2. The molecule has 1 heterocycles. The first-order valence-corrected chi connectivity index (χ1v) is 7.87. The molecule has 0 unspecified atom stereocenters. The number of anilines is 1. The van der Waals surface area contributed by atoms with Crippen molar-refractivity contribution in [2.24, 2.45) is 0 Å². The molecule has 3 amide bonds. The average Bonchev–Trinajstić information content (AvgIpc) is 3.04. The Bertz CT molecular complexity index is 882. The van der Waals surface area contributed by atoms with E-state index in [0.29, 0.717) is 17.8 Å². The summed E-state index contributed by atoms with van der Waals surface area (Å²) in [4.78, 5) is 25.4. The van der Waals surface area contributed by atoms with Crippen molar-refractivity contribution < 1.29 is 14.0 Å². The molecular formula is C19H19N3O3. The molecule has 3 rings (SSSR count). The van der Waals surface area contributed by atoms with Gasteiger partial charge in [-0.25, -0.2) is 4.79 Å². The number of benzene rings is 2. The number of hydrogen-bond donors (Lipinski definition) is 2. The topological polar surface area (TPSA) is 74.6 Å². The van der Waals surface area contributed by atoms with E-state index in [1.807, 2.05) is 42.5 Å². The highest BCUT2D eigenvalue weighted by Crippen LogP contribution is 2.19. The molecule has 2 N–H and O–H groups in total. The summed E-state index contributed by atoms with van der Waals surface area (Å²) in [6.07, 6.45) is 0. The highest BCUT2D eigenvalue weighted by Gasteiger charge is 2.12. The van der Waals surface area contributed by atoms with Crippen molar-refractivity contribution in [1.29, 1.82) is 0 Å². The van der Waals surface area contributed by atoms with Crippen LogP contribution in [0.3, 0.4) is 0 Å². The molecular weight excluding hydrogens is 318 g/mol. The Balaban J connectivity index is 1.64. The summed E-state index contributed by atoms with van der Waals surface area (Å²) in [5.74, 6) is -0.00260. The van der Waals surface area contributed by atoms with Crippen LogP contribution in [-0.2, 0) is 6.54 Å². The van der Waals surface area contributed by atoms with Gasteiger partial charge in [0.15, 0.2) is 5.76 Å². The summed E-state index contributed by atoms with van der Waals surface area (Å²) >= 11 is 0. The Morgan fingerprint density at radius 2 is 1.84 bits per heavy atom. The molecule has 0 saturated carbocycles. The van der Waals surface area contributed by atoms with E-state index in [9.17, 15) is 9.59 Å². The van der Waals surface area contributed by atoms with E-state index in [1.54, 1.807) is 26.2 Å². The van der Waals surface area contributed by atoms with Crippen LogP contribution in [0.2, 0.25) is 0 Å². The van der Waals surface area contributed by atoms with Crippen molar-refractivity contribution in [1.82, 2.24) is 10.2 Å². The molecule has 0 aliphatic rings. The zero-order valence-corrected chi connectivity index (χ0v) is 14.1. The number of nitrogens with zero attached hydrogens (tertiary/aromatic N) is 1. The quantitative estimate of drug-likeness (QED) is 0.765. The van der Waals surface area contributed by atoms with Gasteiger partial charge in [0.2, 0.25) is 0 Å². The third-order valence-electron chi connectivity index (χ3n) is 3.69. The SMILES string of the molecule is CN(C)C(=O)Nc1cccc(CNC(=O)c2cc3ccccc3o2)c1. The molecule has 1 aromatic heterocycles. The van der Waals surface area contributed by atoms with Gasteiger partial charge in [-0.2, -0.15) is 0 Å². The second-order valence-electron chi connectivity index (χ2n) is 5.86. The molecule has 6 nitrogen and oxygen atoms in total. The summed E-state index contributed by atoms with van der Waals surface area (Å²) in [6, 6.07) is 16.3. The maximum Gasteiger partial charge on any atom is 0.321 e. The summed E-state index contributed by atoms with van der Waals surface area (Å²) in [6.45, 7) is 0.335. The number of nitrogens with one attached hydrogen (secondary N) is 2. The number of urea groups is 1. The maximum absolute atomic E-state index is 12.3. The molecule has 0 saturated heterocycles. The van der Waals surface area contributed by atoms with Crippen molar-refractivity contribution >= 4 is 28.6 Å². The highest BCUT2D eigenvalue weighted by atomic mass is 16.3. The molecule has 0 bridgehead atoms. The van der Waals surface area contributed by atoms with Gasteiger partial charge in [0.05, 0.1) is 0 Å². The summed E-state index contributed by atoms with van der Waals surface area (Å²) in [5.41, 5.74) is 2.23. The van der Waals surface area contributed by atoms with Gasteiger partial charge < -0.3 is 20.0 Å². The molecule has 25 heavy (non-hydrogen) atoms. The number of rotatable bonds is 4. The van der Waals surface area contributed by atoms with Gasteiger partial charge in [-0.15, -0.1) is 0 Å². The normalized spacial score (nSPS) is 10.5. The minimum atomic E-state index is -0.279. The summed E-state index contributed by atoms with van der Waals surface area (Å²) in [7, 11) is 3.35. The van der Waals surface area contributed by atoms with Gasteiger partial charge in [-0.3, -0.25) is 4.79 Å². The largest absolute Gasteiger partial charge is 0.451 e. The fraction of sp³-hybridized carbons (Fsp3) is 0.158. The Kier molecular flexibility index (Phi) is 4.70. The fourth-order valence-electron chi connectivity index (χ4n) is 2.36. The summed E-state index contributed by atoms with van der Waals surface area (Å²) < 4.78 is 5.55. The standard InChI is InChI=1S/C19H19N3O3/c1-22(2)19(24)21-15-8-5-6-13(10-15)12-20-18(23)17-11-14-7-3-4-9-16(14)25-17/h3-11H,12H2,1-2H3,(H,20,23)(H,21,24). The van der Waals surface area contributed by atoms with Gasteiger partial charge in [0.1, 0.15) is 5.58 Å². The van der Waals surface area contributed by atoms with E-state index in [0.717, 1.165) is 10.9 Å². The molecule has 3 aromatic rings. The van der Waals surface area contributed by atoms with Crippen LogP contribution < -0.4 is 10.6 Å². The van der Waals surface area contributed by atoms with E-state index in [-0.39, 0.29) is 17.7 Å². The maximum atomic E-state index is 12.3. The van der Waals surface area contributed by atoms with Crippen LogP contribution in [0.15, 0.2) is 59.0 Å². The first kappa shape index (κ1) is 16.6. The van der Waals surface area contributed by atoms with Crippen LogP contribution in [0, 0.1) is 0 Å². The lowest BCUT2D eigenvalue weighted by molar-refractivity contribution is 0.0925. The Labute approximate surface area is 145 Å². The monoisotopic (exact) mass is 337 g/mol. The van der Waals surface area contributed by atoms with Crippen molar-refractivity contribution in [3.8, 4) is 0 Å². The molecule has 2 aromatic carbocycles. The number of para-hydroxylation sites is 1. The van der Waals surface area contributed by atoms with Gasteiger partial charge >= 0.3 is 6.03 Å². The van der Waals surface area contributed by atoms with Crippen LogP contribution in [0.5, 0.6) is 0 Å². The lowest BCUT2D eigenvalue weighted by Gasteiger charge is -2.12. The first-order valence-electron chi connectivity index (χ1n) is 7.87. The van der Waals surface area contributed by atoms with E-state index >= 15 is 0 Å². The highest BCUT2D eigenvalue weighted by molar-refractivity contribution is 5.96.